The number of imide groups is 1. The number of amides is 2. The van der Waals surface area contributed by atoms with Gasteiger partial charge in [0.05, 0.1) is 0 Å². The smallest absolute Gasteiger partial charge is 0.261 e. The van der Waals surface area contributed by atoms with Crippen LogP contribution in [-0.2, 0) is 0 Å². The Morgan fingerprint density at radius 1 is 0.926 bits per heavy atom. The van der Waals surface area contributed by atoms with Crippen molar-refractivity contribution in [2.24, 2.45) is 0 Å². The third-order valence-corrected chi connectivity index (χ3v) is 5.47. The van der Waals surface area contributed by atoms with E-state index >= 15 is 0 Å². The average molecular weight is 367 g/mol. The summed E-state index contributed by atoms with van der Waals surface area (Å²) >= 11 is 0. The molecular formula is C21H25N3O3. The minimum atomic E-state index is -0.209. The first-order valence-corrected chi connectivity index (χ1v) is 9.71. The van der Waals surface area contributed by atoms with Crippen molar-refractivity contribution in [2.75, 3.05) is 44.2 Å². The molecule has 2 amide bonds. The predicted molar refractivity (Wildman–Crippen MR) is 105 cm³/mol. The molecular weight excluding hydrogens is 342 g/mol. The van der Waals surface area contributed by atoms with E-state index in [1.165, 1.54) is 4.90 Å². The Hall–Kier alpha value is -2.44. The number of rotatable bonds is 6. The van der Waals surface area contributed by atoms with E-state index in [-0.39, 0.29) is 18.4 Å². The zero-order chi connectivity index (χ0) is 18.8. The summed E-state index contributed by atoms with van der Waals surface area (Å²) in [5.41, 5.74) is 2.32. The minimum absolute atomic E-state index is 0.138. The molecule has 0 bridgehead atoms. The predicted octanol–water partition coefficient (Wildman–Crippen LogP) is 2.01. The molecule has 27 heavy (non-hydrogen) atoms. The van der Waals surface area contributed by atoms with Crippen LogP contribution in [0.5, 0.6) is 0 Å². The number of benzene rings is 2. The fourth-order valence-corrected chi connectivity index (χ4v) is 4.07. The number of hydrogen-bond acceptors (Lipinski definition) is 5. The standard InChI is InChI=1S/C21H25N3O3/c25-14-3-1-2-11-24-20(26)16-6-4-5-15-18(23-12-9-22-10-13-23)8-7-17(19(15)16)21(24)27/h4-8,22,25H,1-3,9-14H2. The van der Waals surface area contributed by atoms with Crippen LogP contribution in [0.15, 0.2) is 30.3 Å². The van der Waals surface area contributed by atoms with E-state index in [1.807, 2.05) is 30.3 Å². The molecule has 2 aromatic rings. The van der Waals surface area contributed by atoms with Gasteiger partial charge in [0.2, 0.25) is 0 Å². The highest BCUT2D eigenvalue weighted by atomic mass is 16.3. The fraction of sp³-hybridized carbons (Fsp3) is 0.429. The van der Waals surface area contributed by atoms with Gasteiger partial charge >= 0.3 is 0 Å². The van der Waals surface area contributed by atoms with E-state index in [9.17, 15) is 9.59 Å². The quantitative estimate of drug-likeness (QED) is 0.604. The maximum Gasteiger partial charge on any atom is 0.261 e. The number of nitrogens with one attached hydrogen (secondary N) is 1. The van der Waals surface area contributed by atoms with Crippen LogP contribution in [0.4, 0.5) is 5.69 Å². The molecule has 2 aliphatic heterocycles. The van der Waals surface area contributed by atoms with Crippen molar-refractivity contribution < 1.29 is 14.7 Å². The van der Waals surface area contributed by atoms with Gasteiger partial charge in [0, 0.05) is 66.9 Å². The van der Waals surface area contributed by atoms with Crippen LogP contribution in [0.2, 0.25) is 0 Å². The van der Waals surface area contributed by atoms with E-state index in [0.29, 0.717) is 30.5 Å². The van der Waals surface area contributed by atoms with Crippen molar-refractivity contribution in [2.45, 2.75) is 19.3 Å². The fourth-order valence-electron chi connectivity index (χ4n) is 4.07. The van der Waals surface area contributed by atoms with E-state index in [0.717, 1.165) is 49.1 Å². The van der Waals surface area contributed by atoms with Crippen LogP contribution in [0.1, 0.15) is 40.0 Å². The monoisotopic (exact) mass is 367 g/mol. The third kappa shape index (κ3) is 3.19. The molecule has 2 heterocycles. The lowest BCUT2D eigenvalue weighted by atomic mass is 9.92. The van der Waals surface area contributed by atoms with Crippen LogP contribution >= 0.6 is 0 Å². The Labute approximate surface area is 158 Å². The second-order valence-electron chi connectivity index (χ2n) is 7.14. The topological polar surface area (TPSA) is 72.9 Å². The van der Waals surface area contributed by atoms with Gasteiger partial charge in [-0.15, -0.1) is 0 Å². The molecule has 0 atom stereocenters. The molecule has 6 heteroatoms. The number of hydrogen-bond donors (Lipinski definition) is 2. The maximum absolute atomic E-state index is 13.0. The number of carbonyl (C=O) groups excluding carboxylic acids is 2. The van der Waals surface area contributed by atoms with Crippen LogP contribution in [-0.4, -0.2) is 61.2 Å². The molecule has 0 aliphatic carbocycles. The van der Waals surface area contributed by atoms with Crippen molar-refractivity contribution in [3.63, 3.8) is 0 Å². The first-order valence-electron chi connectivity index (χ1n) is 9.71. The Morgan fingerprint density at radius 2 is 1.67 bits per heavy atom. The van der Waals surface area contributed by atoms with Gasteiger partial charge in [-0.25, -0.2) is 0 Å². The van der Waals surface area contributed by atoms with Gasteiger partial charge in [-0.05, 0) is 37.5 Å². The summed E-state index contributed by atoms with van der Waals surface area (Å²) in [6.45, 7) is 4.23. The summed E-state index contributed by atoms with van der Waals surface area (Å²) in [6, 6.07) is 9.63. The van der Waals surface area contributed by atoms with Crippen LogP contribution in [0.25, 0.3) is 10.8 Å². The maximum atomic E-state index is 13.0. The highest BCUT2D eigenvalue weighted by molar-refractivity contribution is 6.26. The number of aliphatic hydroxyl groups is 1. The summed E-state index contributed by atoms with van der Waals surface area (Å²) in [7, 11) is 0. The largest absolute Gasteiger partial charge is 0.396 e. The molecule has 4 rings (SSSR count). The summed E-state index contributed by atoms with van der Waals surface area (Å²) < 4.78 is 0. The van der Waals surface area contributed by atoms with Crippen LogP contribution in [0.3, 0.4) is 0 Å². The lowest BCUT2D eigenvalue weighted by Crippen LogP contribution is -2.44. The molecule has 142 valence electrons. The highest BCUT2D eigenvalue weighted by Gasteiger charge is 2.33. The Kier molecular flexibility index (Phi) is 5.09. The molecule has 6 nitrogen and oxygen atoms in total. The van der Waals surface area contributed by atoms with Crippen molar-refractivity contribution in [1.29, 1.82) is 0 Å². The van der Waals surface area contributed by atoms with Gasteiger partial charge in [-0.1, -0.05) is 12.1 Å². The number of anilines is 1. The number of piperazine rings is 1. The van der Waals surface area contributed by atoms with Gasteiger partial charge in [0.15, 0.2) is 0 Å². The first-order chi connectivity index (χ1) is 13.2. The van der Waals surface area contributed by atoms with E-state index in [1.54, 1.807) is 0 Å². The molecule has 2 aromatic carbocycles. The SMILES string of the molecule is O=C1c2cccc3c(N4CCNCC4)ccc(c23)C(=O)N1CCCCCO. The minimum Gasteiger partial charge on any atom is -0.396 e. The second kappa shape index (κ2) is 7.66. The van der Waals surface area contributed by atoms with Gasteiger partial charge in [-0.3, -0.25) is 14.5 Å². The summed E-state index contributed by atoms with van der Waals surface area (Å²) in [6.07, 6.45) is 2.20. The van der Waals surface area contributed by atoms with Crippen molar-refractivity contribution in [3.8, 4) is 0 Å². The first kappa shape index (κ1) is 17.9. The van der Waals surface area contributed by atoms with Gasteiger partial charge < -0.3 is 15.3 Å². The Bertz CT molecular complexity index is 852. The Morgan fingerprint density at radius 3 is 2.41 bits per heavy atom. The summed E-state index contributed by atoms with van der Waals surface area (Å²) in [5, 5.41) is 14.0. The molecule has 1 saturated heterocycles. The molecule has 0 spiro atoms. The number of unbranched alkanes of at least 4 members (excludes halogenated alkanes) is 2. The van der Waals surface area contributed by atoms with Crippen molar-refractivity contribution in [3.05, 3.63) is 41.5 Å². The molecule has 0 aromatic heterocycles. The molecule has 2 N–H and O–H groups in total. The normalized spacial score (nSPS) is 17.1. The average Bonchev–Trinajstić information content (AvgIpc) is 2.71. The molecule has 0 radical (unpaired) electrons. The zero-order valence-electron chi connectivity index (χ0n) is 15.4. The van der Waals surface area contributed by atoms with E-state index < -0.39 is 0 Å². The van der Waals surface area contributed by atoms with E-state index in [4.69, 9.17) is 5.11 Å². The molecule has 0 saturated carbocycles. The number of carbonyl (C=O) groups is 2. The van der Waals surface area contributed by atoms with Crippen LogP contribution < -0.4 is 10.2 Å². The van der Waals surface area contributed by atoms with Gasteiger partial charge in [-0.2, -0.15) is 0 Å². The molecule has 2 aliphatic rings. The van der Waals surface area contributed by atoms with Gasteiger partial charge in [0.1, 0.15) is 0 Å². The highest BCUT2D eigenvalue weighted by Crippen LogP contribution is 2.36. The van der Waals surface area contributed by atoms with Crippen molar-refractivity contribution in [1.82, 2.24) is 10.2 Å². The molecule has 1 fully saturated rings. The third-order valence-electron chi connectivity index (χ3n) is 5.47. The van der Waals surface area contributed by atoms with E-state index in [2.05, 4.69) is 10.2 Å². The lowest BCUT2D eigenvalue weighted by Gasteiger charge is -2.32. The van der Waals surface area contributed by atoms with Crippen molar-refractivity contribution >= 4 is 28.3 Å². The second-order valence-corrected chi connectivity index (χ2v) is 7.14. The number of nitrogens with zero attached hydrogens (tertiary/aromatic N) is 2. The number of aliphatic hydroxyl groups excluding tert-OH is 1. The van der Waals surface area contributed by atoms with Crippen LogP contribution in [0, 0.1) is 0 Å². The summed E-state index contributed by atoms with van der Waals surface area (Å²) in [5.74, 6) is -0.417. The summed E-state index contributed by atoms with van der Waals surface area (Å²) in [4.78, 5) is 29.7. The van der Waals surface area contributed by atoms with Gasteiger partial charge in [0.25, 0.3) is 11.8 Å². The Balaban J connectivity index is 1.71. The zero-order valence-corrected chi connectivity index (χ0v) is 15.4. The molecule has 0 unspecified atom stereocenters. The lowest BCUT2D eigenvalue weighted by molar-refractivity contribution is 0.0607.